The van der Waals surface area contributed by atoms with Crippen molar-refractivity contribution >= 4 is 11.6 Å². The molecule has 0 bridgehead atoms. The molecule has 0 aliphatic rings. The quantitative estimate of drug-likeness (QED) is 0.782. The Labute approximate surface area is 133 Å². The summed E-state index contributed by atoms with van der Waals surface area (Å²) in [5.74, 6) is 0. The van der Waals surface area contributed by atoms with Crippen molar-refractivity contribution in [2.75, 3.05) is 6.54 Å². The van der Waals surface area contributed by atoms with E-state index >= 15 is 0 Å². The SMILES string of the molecule is CCNC(Cc1ccc(CC)cc1)c1cccc(C)c1Cl. The third-order valence-electron chi connectivity index (χ3n) is 3.92. The van der Waals surface area contributed by atoms with Crippen molar-refractivity contribution in [2.24, 2.45) is 0 Å². The molecule has 1 atom stereocenters. The van der Waals surface area contributed by atoms with E-state index in [1.807, 2.05) is 0 Å². The lowest BCUT2D eigenvalue weighted by Crippen LogP contribution is -2.23. The number of hydrogen-bond donors (Lipinski definition) is 1. The van der Waals surface area contributed by atoms with Gasteiger partial charge in [0.15, 0.2) is 0 Å². The summed E-state index contributed by atoms with van der Waals surface area (Å²) in [7, 11) is 0. The van der Waals surface area contributed by atoms with Gasteiger partial charge in [0.05, 0.1) is 0 Å². The van der Waals surface area contributed by atoms with E-state index in [0.29, 0.717) is 0 Å². The second-order valence-corrected chi connectivity index (χ2v) is 5.84. The Morgan fingerprint density at radius 1 is 1.00 bits per heavy atom. The minimum absolute atomic E-state index is 0.259. The van der Waals surface area contributed by atoms with Crippen LogP contribution in [0.2, 0.25) is 5.02 Å². The Morgan fingerprint density at radius 3 is 2.29 bits per heavy atom. The van der Waals surface area contributed by atoms with Gasteiger partial charge >= 0.3 is 0 Å². The second-order valence-electron chi connectivity index (χ2n) is 5.46. The smallest absolute Gasteiger partial charge is 0.0483 e. The van der Waals surface area contributed by atoms with E-state index in [-0.39, 0.29) is 6.04 Å². The lowest BCUT2D eigenvalue weighted by atomic mass is 9.96. The Bertz CT molecular complexity index is 575. The summed E-state index contributed by atoms with van der Waals surface area (Å²) < 4.78 is 0. The second kappa shape index (κ2) is 7.63. The topological polar surface area (TPSA) is 12.0 Å². The van der Waals surface area contributed by atoms with Crippen LogP contribution in [0.1, 0.15) is 42.1 Å². The Morgan fingerprint density at radius 2 is 1.67 bits per heavy atom. The van der Waals surface area contributed by atoms with Crippen LogP contribution in [0.15, 0.2) is 42.5 Å². The molecule has 1 unspecified atom stereocenters. The first-order chi connectivity index (χ1) is 10.2. The summed E-state index contributed by atoms with van der Waals surface area (Å²) >= 11 is 6.50. The zero-order valence-corrected chi connectivity index (χ0v) is 13.9. The standard InChI is InChI=1S/C19H24ClN/c1-4-15-9-11-16(12-10-15)13-18(21-5-2)17-8-6-7-14(3)19(17)20/h6-12,18,21H,4-5,13H2,1-3H3. The molecule has 0 aliphatic carbocycles. The molecular formula is C19H24ClN. The van der Waals surface area contributed by atoms with Crippen LogP contribution in [-0.4, -0.2) is 6.54 Å². The molecule has 0 heterocycles. The fourth-order valence-electron chi connectivity index (χ4n) is 2.62. The highest BCUT2D eigenvalue weighted by molar-refractivity contribution is 6.32. The van der Waals surface area contributed by atoms with Crippen molar-refractivity contribution in [3.8, 4) is 0 Å². The van der Waals surface area contributed by atoms with E-state index in [1.54, 1.807) is 0 Å². The molecule has 0 radical (unpaired) electrons. The van der Waals surface area contributed by atoms with Crippen LogP contribution in [0.4, 0.5) is 0 Å². The maximum atomic E-state index is 6.50. The number of aryl methyl sites for hydroxylation is 2. The molecule has 0 amide bonds. The maximum Gasteiger partial charge on any atom is 0.0483 e. The van der Waals surface area contributed by atoms with Crippen LogP contribution in [-0.2, 0) is 12.8 Å². The molecule has 0 saturated carbocycles. The van der Waals surface area contributed by atoms with Gasteiger partial charge in [-0.15, -0.1) is 0 Å². The summed E-state index contributed by atoms with van der Waals surface area (Å²) in [4.78, 5) is 0. The molecule has 0 saturated heterocycles. The number of halogens is 1. The van der Waals surface area contributed by atoms with E-state index in [4.69, 9.17) is 11.6 Å². The third-order valence-corrected chi connectivity index (χ3v) is 4.43. The molecule has 1 nitrogen and oxygen atoms in total. The molecule has 1 N–H and O–H groups in total. The highest BCUT2D eigenvalue weighted by Crippen LogP contribution is 2.28. The molecule has 2 aromatic carbocycles. The fourth-order valence-corrected chi connectivity index (χ4v) is 2.88. The van der Waals surface area contributed by atoms with Gasteiger partial charge in [-0.1, -0.05) is 67.9 Å². The lowest BCUT2D eigenvalue weighted by molar-refractivity contribution is 0.549. The van der Waals surface area contributed by atoms with Gasteiger partial charge in [0.1, 0.15) is 0 Å². The fraction of sp³-hybridized carbons (Fsp3) is 0.368. The van der Waals surface area contributed by atoms with Crippen LogP contribution < -0.4 is 5.32 Å². The van der Waals surface area contributed by atoms with E-state index < -0.39 is 0 Å². The summed E-state index contributed by atoms with van der Waals surface area (Å²) in [6, 6.07) is 15.4. The zero-order valence-electron chi connectivity index (χ0n) is 13.1. The highest BCUT2D eigenvalue weighted by Gasteiger charge is 2.15. The minimum atomic E-state index is 0.259. The molecule has 112 valence electrons. The Balaban J connectivity index is 2.24. The van der Waals surface area contributed by atoms with Gasteiger partial charge in [-0.25, -0.2) is 0 Å². The van der Waals surface area contributed by atoms with Gasteiger partial charge in [-0.2, -0.15) is 0 Å². The van der Waals surface area contributed by atoms with Crippen LogP contribution in [0, 0.1) is 6.92 Å². The van der Waals surface area contributed by atoms with Gasteiger partial charge in [0.25, 0.3) is 0 Å². The average Bonchev–Trinajstić information content (AvgIpc) is 2.50. The number of benzene rings is 2. The van der Waals surface area contributed by atoms with Crippen LogP contribution in [0.3, 0.4) is 0 Å². The van der Waals surface area contributed by atoms with Crippen molar-refractivity contribution in [1.82, 2.24) is 5.32 Å². The molecule has 2 rings (SSSR count). The first kappa shape index (κ1) is 16.1. The van der Waals surface area contributed by atoms with Gasteiger partial charge in [0.2, 0.25) is 0 Å². The number of likely N-dealkylation sites (N-methyl/N-ethyl adjacent to an activating group) is 1. The zero-order chi connectivity index (χ0) is 15.2. The predicted octanol–water partition coefficient (Wildman–Crippen LogP) is 5.10. The summed E-state index contributed by atoms with van der Waals surface area (Å²) in [5.41, 5.74) is 5.06. The van der Waals surface area contributed by atoms with Gasteiger partial charge in [0, 0.05) is 11.1 Å². The van der Waals surface area contributed by atoms with Crippen molar-refractivity contribution in [3.63, 3.8) is 0 Å². The van der Waals surface area contributed by atoms with Crippen molar-refractivity contribution in [1.29, 1.82) is 0 Å². The van der Waals surface area contributed by atoms with E-state index in [9.17, 15) is 0 Å². The summed E-state index contributed by atoms with van der Waals surface area (Å²) in [6.45, 7) is 7.31. The predicted molar refractivity (Wildman–Crippen MR) is 92.1 cm³/mol. The first-order valence-corrected chi connectivity index (χ1v) is 8.09. The van der Waals surface area contributed by atoms with Crippen molar-refractivity contribution in [3.05, 3.63) is 69.7 Å². The highest BCUT2D eigenvalue weighted by atomic mass is 35.5. The molecule has 0 fully saturated rings. The lowest BCUT2D eigenvalue weighted by Gasteiger charge is -2.21. The summed E-state index contributed by atoms with van der Waals surface area (Å²) in [5, 5.41) is 4.44. The molecule has 0 spiro atoms. The number of hydrogen-bond acceptors (Lipinski definition) is 1. The van der Waals surface area contributed by atoms with Gasteiger partial charge < -0.3 is 5.32 Å². The molecule has 2 heteroatoms. The monoisotopic (exact) mass is 301 g/mol. The number of nitrogens with one attached hydrogen (secondary N) is 1. The molecule has 2 aromatic rings. The van der Waals surface area contributed by atoms with E-state index in [0.717, 1.165) is 30.0 Å². The van der Waals surface area contributed by atoms with Crippen LogP contribution in [0.25, 0.3) is 0 Å². The maximum absolute atomic E-state index is 6.50. The molecular weight excluding hydrogens is 278 g/mol. The number of rotatable bonds is 6. The third kappa shape index (κ3) is 4.09. The van der Waals surface area contributed by atoms with Crippen molar-refractivity contribution in [2.45, 2.75) is 39.7 Å². The van der Waals surface area contributed by atoms with E-state index in [1.165, 1.54) is 16.7 Å². The largest absolute Gasteiger partial charge is 0.310 e. The first-order valence-electron chi connectivity index (χ1n) is 7.71. The minimum Gasteiger partial charge on any atom is -0.310 e. The normalized spacial score (nSPS) is 12.4. The summed E-state index contributed by atoms with van der Waals surface area (Å²) in [6.07, 6.45) is 2.04. The Kier molecular flexibility index (Phi) is 5.84. The van der Waals surface area contributed by atoms with Crippen LogP contribution in [0.5, 0.6) is 0 Å². The van der Waals surface area contributed by atoms with E-state index in [2.05, 4.69) is 68.6 Å². The van der Waals surface area contributed by atoms with Gasteiger partial charge in [-0.05, 0) is 48.6 Å². The molecule has 21 heavy (non-hydrogen) atoms. The average molecular weight is 302 g/mol. The van der Waals surface area contributed by atoms with Crippen LogP contribution >= 0.6 is 11.6 Å². The molecule has 0 aromatic heterocycles. The Hall–Kier alpha value is -1.31. The van der Waals surface area contributed by atoms with Gasteiger partial charge in [-0.3, -0.25) is 0 Å². The van der Waals surface area contributed by atoms with Crippen molar-refractivity contribution < 1.29 is 0 Å². The molecule has 0 aliphatic heterocycles.